The molecular formula is C13H23ClN4O. The van der Waals surface area contributed by atoms with Crippen LogP contribution < -0.4 is 11.1 Å². The molecule has 1 aliphatic rings. The molecule has 108 valence electrons. The minimum Gasteiger partial charge on any atom is -0.354 e. The van der Waals surface area contributed by atoms with Crippen LogP contribution >= 0.6 is 12.4 Å². The molecule has 1 amide bonds. The third kappa shape index (κ3) is 4.21. The summed E-state index contributed by atoms with van der Waals surface area (Å²) in [6.07, 6.45) is 7.44. The van der Waals surface area contributed by atoms with E-state index in [4.69, 9.17) is 5.73 Å². The van der Waals surface area contributed by atoms with Gasteiger partial charge in [0.25, 0.3) is 0 Å². The van der Waals surface area contributed by atoms with Crippen LogP contribution in [0, 0.1) is 5.92 Å². The number of nitrogens with one attached hydrogen (secondary N) is 1. The number of halogens is 1. The Bertz CT molecular complexity index is 387. The first-order valence-electron chi connectivity index (χ1n) is 6.65. The van der Waals surface area contributed by atoms with Gasteiger partial charge in [-0.3, -0.25) is 9.48 Å². The molecule has 0 spiro atoms. The van der Waals surface area contributed by atoms with Crippen LogP contribution in [0.15, 0.2) is 18.5 Å². The zero-order valence-electron chi connectivity index (χ0n) is 11.3. The van der Waals surface area contributed by atoms with Crippen molar-refractivity contribution in [3.8, 4) is 0 Å². The van der Waals surface area contributed by atoms with Crippen molar-refractivity contribution in [3.63, 3.8) is 0 Å². The Morgan fingerprint density at radius 1 is 1.53 bits per heavy atom. The SMILES string of the molecule is CC(CNC(=O)C1(N)CCCC1)Cn1cccn1.Cl. The molecule has 0 aliphatic heterocycles. The maximum Gasteiger partial charge on any atom is 0.240 e. The van der Waals surface area contributed by atoms with Gasteiger partial charge in [0, 0.05) is 25.5 Å². The average Bonchev–Trinajstić information content (AvgIpc) is 2.98. The molecule has 2 rings (SSSR count). The fourth-order valence-corrected chi connectivity index (χ4v) is 2.47. The molecular weight excluding hydrogens is 264 g/mol. The molecule has 1 aliphatic carbocycles. The molecule has 0 bridgehead atoms. The van der Waals surface area contributed by atoms with Gasteiger partial charge in [0.05, 0.1) is 5.54 Å². The summed E-state index contributed by atoms with van der Waals surface area (Å²) in [7, 11) is 0. The summed E-state index contributed by atoms with van der Waals surface area (Å²) in [6, 6.07) is 1.90. The predicted molar refractivity (Wildman–Crippen MR) is 77.0 cm³/mol. The first-order valence-corrected chi connectivity index (χ1v) is 6.65. The largest absolute Gasteiger partial charge is 0.354 e. The van der Waals surface area contributed by atoms with Crippen molar-refractivity contribution in [2.24, 2.45) is 11.7 Å². The van der Waals surface area contributed by atoms with Crippen molar-refractivity contribution in [1.29, 1.82) is 0 Å². The van der Waals surface area contributed by atoms with Crippen LogP contribution in [0.4, 0.5) is 0 Å². The molecule has 1 atom stereocenters. The lowest BCUT2D eigenvalue weighted by molar-refractivity contribution is -0.126. The minimum absolute atomic E-state index is 0. The molecule has 1 saturated carbocycles. The quantitative estimate of drug-likeness (QED) is 0.858. The number of hydrogen-bond acceptors (Lipinski definition) is 3. The van der Waals surface area contributed by atoms with Gasteiger partial charge in [-0.05, 0) is 24.8 Å². The Labute approximate surface area is 120 Å². The van der Waals surface area contributed by atoms with E-state index in [1.165, 1.54) is 0 Å². The number of nitrogens with zero attached hydrogens (tertiary/aromatic N) is 2. The summed E-state index contributed by atoms with van der Waals surface area (Å²) in [5.41, 5.74) is 5.48. The van der Waals surface area contributed by atoms with E-state index in [2.05, 4.69) is 17.3 Å². The van der Waals surface area contributed by atoms with Crippen LogP contribution in [0.1, 0.15) is 32.6 Å². The Morgan fingerprint density at radius 3 is 2.79 bits per heavy atom. The van der Waals surface area contributed by atoms with Gasteiger partial charge in [-0.15, -0.1) is 12.4 Å². The molecule has 5 nitrogen and oxygen atoms in total. The summed E-state index contributed by atoms with van der Waals surface area (Å²) < 4.78 is 1.88. The molecule has 0 saturated heterocycles. The molecule has 6 heteroatoms. The van der Waals surface area contributed by atoms with E-state index in [9.17, 15) is 4.79 Å². The molecule has 0 radical (unpaired) electrons. The van der Waals surface area contributed by atoms with Gasteiger partial charge in [0.1, 0.15) is 0 Å². The lowest BCUT2D eigenvalue weighted by Gasteiger charge is -2.23. The molecule has 1 unspecified atom stereocenters. The predicted octanol–water partition coefficient (Wildman–Crippen LogP) is 1.33. The molecule has 3 N–H and O–H groups in total. The highest BCUT2D eigenvalue weighted by atomic mass is 35.5. The number of amides is 1. The first kappa shape index (κ1) is 16.0. The lowest BCUT2D eigenvalue weighted by atomic mass is 9.98. The molecule has 1 fully saturated rings. The normalized spacial score (nSPS) is 18.6. The van der Waals surface area contributed by atoms with E-state index < -0.39 is 5.54 Å². The van der Waals surface area contributed by atoms with Crippen molar-refractivity contribution >= 4 is 18.3 Å². The van der Waals surface area contributed by atoms with Crippen LogP contribution in [-0.4, -0.2) is 27.8 Å². The van der Waals surface area contributed by atoms with Crippen LogP contribution in [0.5, 0.6) is 0 Å². The maximum atomic E-state index is 12.0. The molecule has 1 heterocycles. The van der Waals surface area contributed by atoms with Crippen molar-refractivity contribution < 1.29 is 4.79 Å². The fraction of sp³-hybridized carbons (Fsp3) is 0.692. The van der Waals surface area contributed by atoms with Crippen molar-refractivity contribution in [2.75, 3.05) is 6.54 Å². The third-order valence-corrected chi connectivity index (χ3v) is 3.62. The van der Waals surface area contributed by atoms with Gasteiger partial charge in [0.15, 0.2) is 0 Å². The van der Waals surface area contributed by atoms with Gasteiger partial charge in [-0.1, -0.05) is 19.8 Å². The van der Waals surface area contributed by atoms with Gasteiger partial charge in [0.2, 0.25) is 5.91 Å². The van der Waals surface area contributed by atoms with E-state index in [-0.39, 0.29) is 18.3 Å². The zero-order chi connectivity index (χ0) is 13.0. The van der Waals surface area contributed by atoms with Gasteiger partial charge in [-0.25, -0.2) is 0 Å². The Balaban J connectivity index is 0.00000180. The topological polar surface area (TPSA) is 72.9 Å². The van der Waals surface area contributed by atoms with E-state index in [0.717, 1.165) is 32.2 Å². The van der Waals surface area contributed by atoms with Gasteiger partial charge < -0.3 is 11.1 Å². The van der Waals surface area contributed by atoms with Crippen molar-refractivity contribution in [3.05, 3.63) is 18.5 Å². The van der Waals surface area contributed by atoms with Crippen LogP contribution in [0.2, 0.25) is 0 Å². The Hall–Kier alpha value is -1.07. The molecule has 1 aromatic heterocycles. The van der Waals surface area contributed by atoms with E-state index in [1.54, 1.807) is 6.20 Å². The fourth-order valence-electron chi connectivity index (χ4n) is 2.47. The maximum absolute atomic E-state index is 12.0. The highest BCUT2D eigenvalue weighted by Crippen LogP contribution is 2.27. The zero-order valence-corrected chi connectivity index (χ0v) is 12.2. The van der Waals surface area contributed by atoms with Crippen molar-refractivity contribution in [1.82, 2.24) is 15.1 Å². The second-order valence-electron chi connectivity index (χ2n) is 5.41. The number of rotatable bonds is 5. The number of carbonyl (C=O) groups is 1. The smallest absolute Gasteiger partial charge is 0.240 e. The van der Waals surface area contributed by atoms with Gasteiger partial charge in [-0.2, -0.15) is 5.10 Å². The van der Waals surface area contributed by atoms with E-state index in [0.29, 0.717) is 12.5 Å². The van der Waals surface area contributed by atoms with E-state index in [1.807, 2.05) is 16.9 Å². The second-order valence-corrected chi connectivity index (χ2v) is 5.41. The highest BCUT2D eigenvalue weighted by molar-refractivity contribution is 5.86. The summed E-state index contributed by atoms with van der Waals surface area (Å²) >= 11 is 0. The summed E-state index contributed by atoms with van der Waals surface area (Å²) in [6.45, 7) is 3.56. The van der Waals surface area contributed by atoms with Crippen LogP contribution in [-0.2, 0) is 11.3 Å². The lowest BCUT2D eigenvalue weighted by Crippen LogP contribution is -2.52. The van der Waals surface area contributed by atoms with Crippen LogP contribution in [0.25, 0.3) is 0 Å². The summed E-state index contributed by atoms with van der Waals surface area (Å²) in [5, 5.41) is 7.13. The third-order valence-electron chi connectivity index (χ3n) is 3.62. The number of hydrogen-bond donors (Lipinski definition) is 2. The average molecular weight is 287 g/mol. The minimum atomic E-state index is -0.620. The Morgan fingerprint density at radius 2 is 2.21 bits per heavy atom. The second kappa shape index (κ2) is 6.91. The number of nitrogens with two attached hydrogens (primary N) is 1. The van der Waals surface area contributed by atoms with Crippen LogP contribution in [0.3, 0.4) is 0 Å². The number of aromatic nitrogens is 2. The van der Waals surface area contributed by atoms with Gasteiger partial charge >= 0.3 is 0 Å². The summed E-state index contributed by atoms with van der Waals surface area (Å²) in [5.74, 6) is 0.353. The first-order chi connectivity index (χ1) is 8.60. The van der Waals surface area contributed by atoms with E-state index >= 15 is 0 Å². The van der Waals surface area contributed by atoms with Crippen molar-refractivity contribution in [2.45, 2.75) is 44.7 Å². The molecule has 19 heavy (non-hydrogen) atoms. The Kier molecular flexibility index (Phi) is 5.82. The number of carbonyl (C=O) groups excluding carboxylic acids is 1. The monoisotopic (exact) mass is 286 g/mol. The molecule has 1 aromatic rings. The summed E-state index contributed by atoms with van der Waals surface area (Å²) in [4.78, 5) is 12.0. The standard InChI is InChI=1S/C13H22N4O.ClH/c1-11(10-17-8-4-7-16-17)9-15-12(18)13(14)5-2-3-6-13;/h4,7-8,11H,2-3,5-6,9-10,14H2,1H3,(H,15,18);1H. The highest BCUT2D eigenvalue weighted by Gasteiger charge is 2.36. The molecule has 0 aromatic carbocycles.